The number of nitriles is 1. The van der Waals surface area contributed by atoms with Crippen LogP contribution in [0.2, 0.25) is 0 Å². The third-order valence-corrected chi connectivity index (χ3v) is 9.82. The Bertz CT molecular complexity index is 1410. The maximum atomic E-state index is 13.6. The highest BCUT2D eigenvalue weighted by molar-refractivity contribution is 7.85. The molecule has 2 atom stereocenters. The van der Waals surface area contributed by atoms with Crippen LogP contribution in [0.15, 0.2) is 52.9 Å². The number of carbonyl (C=O) groups is 1. The average molecular weight is 546 g/mol. The van der Waals surface area contributed by atoms with Crippen molar-refractivity contribution in [3.8, 4) is 28.8 Å². The molecule has 2 aliphatic carbocycles. The van der Waals surface area contributed by atoms with Crippen molar-refractivity contribution in [3.63, 3.8) is 0 Å². The zero-order valence-corrected chi connectivity index (χ0v) is 22.7. The Hall–Kier alpha value is -3.31. The van der Waals surface area contributed by atoms with Crippen LogP contribution in [0.3, 0.4) is 0 Å². The van der Waals surface area contributed by atoms with Gasteiger partial charge in [-0.2, -0.15) is 5.26 Å². The Kier molecular flexibility index (Phi) is 7.11. The van der Waals surface area contributed by atoms with Crippen LogP contribution >= 0.6 is 0 Å². The Labute approximate surface area is 230 Å². The van der Waals surface area contributed by atoms with Crippen molar-refractivity contribution in [2.75, 3.05) is 29.5 Å². The van der Waals surface area contributed by atoms with Crippen LogP contribution in [-0.2, 0) is 15.6 Å². The number of carbonyl (C=O) groups excluding carboxylic acids is 1. The van der Waals surface area contributed by atoms with E-state index in [1.807, 2.05) is 12.1 Å². The zero-order chi connectivity index (χ0) is 27.0. The smallest absolute Gasteiger partial charge is 0.226 e. The molecular formula is C31H32FN3O3S. The van der Waals surface area contributed by atoms with Crippen molar-refractivity contribution < 1.29 is 17.8 Å². The van der Waals surface area contributed by atoms with E-state index in [0.717, 1.165) is 62.9 Å². The van der Waals surface area contributed by atoms with Crippen molar-refractivity contribution >= 4 is 22.3 Å². The largest absolute Gasteiger partial charge is 0.440 e. The van der Waals surface area contributed by atoms with Crippen molar-refractivity contribution in [1.82, 2.24) is 4.98 Å². The number of aromatic nitrogens is 1. The van der Waals surface area contributed by atoms with Gasteiger partial charge in [0.15, 0.2) is 0 Å². The minimum atomic E-state index is -0.736. The van der Waals surface area contributed by atoms with Gasteiger partial charge in [0, 0.05) is 70.5 Å². The molecule has 6 rings (SSSR count). The summed E-state index contributed by atoms with van der Waals surface area (Å²) in [7, 11) is -0.736. The Morgan fingerprint density at radius 3 is 2.38 bits per heavy atom. The molecule has 1 aromatic heterocycles. The standard InChI is InChI=1S/C31H32FN3O3S/c32-23-9-5-22(6-10-23)30-34-28(21-7-11-24(12-8-21)35-15-17-39(37)18-16-35)29(38-30)26-4-2-1-3-25(26)27(36)19-31(20-33)13-14-31/h5-12,25-26H,1-4,13-19H2/t25-,26?/m1/s1. The van der Waals surface area contributed by atoms with Gasteiger partial charge in [-0.1, -0.05) is 25.0 Å². The summed E-state index contributed by atoms with van der Waals surface area (Å²) in [6.07, 6.45) is 5.50. The van der Waals surface area contributed by atoms with Crippen molar-refractivity contribution in [2.24, 2.45) is 11.3 Å². The molecule has 2 aromatic carbocycles. The minimum Gasteiger partial charge on any atom is -0.440 e. The number of Topliss-reactive ketones (excluding diaryl/α,β-unsaturated/α-hetero) is 1. The SMILES string of the molecule is N#CC1(CC(=O)[C@@H]2CCCCC2c2oc(-c3ccc(F)cc3)nc2-c2ccc(N3CCS(=O)CC3)cc2)CC1. The predicted molar refractivity (Wildman–Crippen MR) is 149 cm³/mol. The van der Waals surface area contributed by atoms with E-state index in [9.17, 15) is 18.7 Å². The summed E-state index contributed by atoms with van der Waals surface area (Å²) in [5.74, 6) is 1.99. The first-order valence-corrected chi connectivity index (χ1v) is 15.3. The van der Waals surface area contributed by atoms with Gasteiger partial charge in [0.25, 0.3) is 0 Å². The number of hydrogen-bond acceptors (Lipinski definition) is 6. The van der Waals surface area contributed by atoms with Crippen LogP contribution in [-0.4, -0.2) is 39.6 Å². The van der Waals surface area contributed by atoms with E-state index in [4.69, 9.17) is 9.40 Å². The van der Waals surface area contributed by atoms with Gasteiger partial charge in [0.05, 0.1) is 11.5 Å². The number of halogens is 1. The Morgan fingerprint density at radius 2 is 1.72 bits per heavy atom. The maximum Gasteiger partial charge on any atom is 0.226 e. The molecule has 2 heterocycles. The fourth-order valence-corrected chi connectivity index (χ4v) is 7.06. The fraction of sp³-hybridized carbons (Fsp3) is 0.452. The van der Waals surface area contributed by atoms with Gasteiger partial charge in [0.1, 0.15) is 23.1 Å². The number of nitrogens with zero attached hydrogens (tertiary/aromatic N) is 3. The highest BCUT2D eigenvalue weighted by Gasteiger charge is 2.47. The van der Waals surface area contributed by atoms with Gasteiger partial charge in [-0.15, -0.1) is 0 Å². The molecule has 0 amide bonds. The topological polar surface area (TPSA) is 87.2 Å². The maximum absolute atomic E-state index is 13.6. The highest BCUT2D eigenvalue weighted by atomic mass is 32.2. The number of ketones is 1. The molecule has 0 N–H and O–H groups in total. The molecule has 1 aliphatic heterocycles. The molecule has 1 unspecified atom stereocenters. The first kappa shape index (κ1) is 25.9. The summed E-state index contributed by atoms with van der Waals surface area (Å²) >= 11 is 0. The number of rotatable bonds is 7. The van der Waals surface area contributed by atoms with Crippen LogP contribution in [0, 0.1) is 28.5 Å². The van der Waals surface area contributed by atoms with E-state index in [-0.39, 0.29) is 23.4 Å². The third kappa shape index (κ3) is 5.42. The number of benzene rings is 2. The second-order valence-electron chi connectivity index (χ2n) is 11.2. The average Bonchev–Trinajstić information content (AvgIpc) is 3.60. The summed E-state index contributed by atoms with van der Waals surface area (Å²) < 4.78 is 31.9. The quantitative estimate of drug-likeness (QED) is 0.349. The van der Waals surface area contributed by atoms with E-state index in [2.05, 4.69) is 23.1 Å². The van der Waals surface area contributed by atoms with Crippen LogP contribution in [0.1, 0.15) is 56.6 Å². The van der Waals surface area contributed by atoms with Crippen LogP contribution in [0.4, 0.5) is 10.1 Å². The highest BCUT2D eigenvalue weighted by Crippen LogP contribution is 2.51. The van der Waals surface area contributed by atoms with Crippen LogP contribution in [0.25, 0.3) is 22.7 Å². The van der Waals surface area contributed by atoms with E-state index < -0.39 is 16.2 Å². The van der Waals surface area contributed by atoms with E-state index in [1.54, 1.807) is 12.1 Å². The van der Waals surface area contributed by atoms with Crippen molar-refractivity contribution in [2.45, 2.75) is 50.9 Å². The summed E-state index contributed by atoms with van der Waals surface area (Å²) in [5, 5.41) is 9.58. The first-order valence-electron chi connectivity index (χ1n) is 13.9. The van der Waals surface area contributed by atoms with Gasteiger partial charge in [0.2, 0.25) is 5.89 Å². The molecule has 202 valence electrons. The molecule has 0 spiro atoms. The molecule has 39 heavy (non-hydrogen) atoms. The molecule has 6 nitrogen and oxygen atoms in total. The van der Waals surface area contributed by atoms with Gasteiger partial charge in [-0.05, 0) is 62.1 Å². The van der Waals surface area contributed by atoms with Gasteiger partial charge >= 0.3 is 0 Å². The predicted octanol–water partition coefficient (Wildman–Crippen LogP) is 6.25. The minimum absolute atomic E-state index is 0.116. The third-order valence-electron chi connectivity index (χ3n) is 8.55. The number of oxazole rings is 1. The van der Waals surface area contributed by atoms with Crippen molar-refractivity contribution in [3.05, 3.63) is 60.1 Å². The second kappa shape index (κ2) is 10.7. The lowest BCUT2D eigenvalue weighted by Gasteiger charge is -2.30. The van der Waals surface area contributed by atoms with Crippen LogP contribution in [0.5, 0.6) is 0 Å². The van der Waals surface area contributed by atoms with E-state index >= 15 is 0 Å². The lowest BCUT2D eigenvalue weighted by Crippen LogP contribution is -2.37. The summed E-state index contributed by atoms with van der Waals surface area (Å²) in [6, 6.07) is 16.7. The lowest BCUT2D eigenvalue weighted by molar-refractivity contribution is -0.125. The molecule has 2 saturated carbocycles. The lowest BCUT2D eigenvalue weighted by atomic mass is 9.73. The summed E-state index contributed by atoms with van der Waals surface area (Å²) in [4.78, 5) is 20.7. The normalized spacial score (nSPS) is 22.8. The van der Waals surface area contributed by atoms with E-state index in [0.29, 0.717) is 40.8 Å². The molecule has 1 saturated heterocycles. The molecule has 3 aliphatic rings. The number of hydrogen-bond donors (Lipinski definition) is 0. The Balaban J connectivity index is 1.35. The van der Waals surface area contributed by atoms with Gasteiger partial charge in [-0.25, -0.2) is 9.37 Å². The summed E-state index contributed by atoms with van der Waals surface area (Å²) in [5.41, 5.74) is 2.91. The van der Waals surface area contributed by atoms with Crippen molar-refractivity contribution in [1.29, 1.82) is 5.26 Å². The molecule has 0 bridgehead atoms. The fourth-order valence-electron chi connectivity index (χ4n) is 6.01. The second-order valence-corrected chi connectivity index (χ2v) is 12.8. The molecule has 3 aromatic rings. The summed E-state index contributed by atoms with van der Waals surface area (Å²) in [6.45, 7) is 1.54. The van der Waals surface area contributed by atoms with Gasteiger partial charge < -0.3 is 9.32 Å². The van der Waals surface area contributed by atoms with Crippen LogP contribution < -0.4 is 4.90 Å². The Morgan fingerprint density at radius 1 is 1.05 bits per heavy atom. The molecule has 0 radical (unpaired) electrons. The first-order chi connectivity index (χ1) is 18.9. The zero-order valence-electron chi connectivity index (χ0n) is 21.9. The number of anilines is 1. The molecular weight excluding hydrogens is 513 g/mol. The monoisotopic (exact) mass is 545 g/mol. The molecule has 8 heteroatoms. The van der Waals surface area contributed by atoms with Gasteiger partial charge in [-0.3, -0.25) is 9.00 Å². The van der Waals surface area contributed by atoms with E-state index in [1.165, 1.54) is 12.1 Å². The molecule has 3 fully saturated rings.